The van der Waals surface area contributed by atoms with E-state index >= 15 is 0 Å². The highest BCUT2D eigenvalue weighted by Crippen LogP contribution is 2.34. The Hall–Kier alpha value is -1.13. The molecule has 0 aromatic carbocycles. The zero-order chi connectivity index (χ0) is 14.7. The van der Waals surface area contributed by atoms with Gasteiger partial charge in [0.2, 0.25) is 10.0 Å². The highest BCUT2D eigenvalue weighted by atomic mass is 32.2. The second kappa shape index (κ2) is 5.88. The molecule has 0 radical (unpaired) electrons. The smallest absolute Gasteiger partial charge is 0.324 e. The number of rotatable bonds is 5. The highest BCUT2D eigenvalue weighted by molar-refractivity contribution is 7.90. The molecule has 1 aliphatic rings. The topological polar surface area (TPSA) is 107 Å². The van der Waals surface area contributed by atoms with Crippen molar-refractivity contribution in [1.82, 2.24) is 4.72 Å². The summed E-state index contributed by atoms with van der Waals surface area (Å²) in [6.45, 7) is 3.29. The molecule has 0 amide bonds. The molecule has 1 saturated carbocycles. The molecule has 1 unspecified atom stereocenters. The maximum absolute atomic E-state index is 11.9. The van der Waals surface area contributed by atoms with E-state index in [0.29, 0.717) is 18.8 Å². The molecule has 0 aliphatic heterocycles. The number of hydrogen-bond donors (Lipinski definition) is 2. The van der Waals surface area contributed by atoms with Gasteiger partial charge in [-0.2, -0.15) is 9.98 Å². The van der Waals surface area contributed by atoms with Crippen LogP contribution in [0.2, 0.25) is 0 Å². The normalized spacial score (nSPS) is 29.4. The summed E-state index contributed by atoms with van der Waals surface area (Å²) >= 11 is 0. The van der Waals surface area contributed by atoms with Gasteiger partial charge in [0.15, 0.2) is 5.25 Å². The van der Waals surface area contributed by atoms with Crippen LogP contribution in [-0.2, 0) is 14.8 Å². The summed E-state index contributed by atoms with van der Waals surface area (Å²) in [5.41, 5.74) is -1.45. The van der Waals surface area contributed by atoms with Gasteiger partial charge in [0.25, 0.3) is 0 Å². The minimum Gasteiger partial charge on any atom is -0.480 e. The molecule has 1 atom stereocenters. The molecule has 0 heterocycles. The molecule has 0 spiro atoms. The Balaban J connectivity index is 2.93. The van der Waals surface area contributed by atoms with E-state index < -0.39 is 26.8 Å². The molecule has 1 aliphatic carbocycles. The molecule has 108 valence electrons. The molecule has 6 nitrogen and oxygen atoms in total. The molecule has 7 heteroatoms. The third kappa shape index (κ3) is 3.45. The molecular weight excluding hydrogens is 268 g/mol. The number of carbonyl (C=O) groups is 1. The van der Waals surface area contributed by atoms with Gasteiger partial charge in [0.05, 0.1) is 6.07 Å². The Morgan fingerprint density at radius 1 is 1.53 bits per heavy atom. The van der Waals surface area contributed by atoms with Crippen molar-refractivity contribution in [3.63, 3.8) is 0 Å². The first-order valence-electron chi connectivity index (χ1n) is 6.43. The van der Waals surface area contributed by atoms with Crippen molar-refractivity contribution >= 4 is 16.0 Å². The summed E-state index contributed by atoms with van der Waals surface area (Å²) in [6.07, 6.45) is 2.89. The number of carboxylic acid groups (broad SMARTS) is 1. The molecule has 1 fully saturated rings. The van der Waals surface area contributed by atoms with Crippen molar-refractivity contribution in [2.75, 3.05) is 0 Å². The molecule has 0 aromatic heterocycles. The van der Waals surface area contributed by atoms with Gasteiger partial charge < -0.3 is 5.11 Å². The van der Waals surface area contributed by atoms with E-state index in [9.17, 15) is 18.3 Å². The summed E-state index contributed by atoms with van der Waals surface area (Å²) in [4.78, 5) is 11.5. The Bertz CT molecular complexity index is 472. The van der Waals surface area contributed by atoms with Gasteiger partial charge >= 0.3 is 5.97 Å². The van der Waals surface area contributed by atoms with E-state index in [1.54, 1.807) is 6.07 Å². The van der Waals surface area contributed by atoms with Crippen LogP contribution < -0.4 is 4.72 Å². The van der Waals surface area contributed by atoms with Gasteiger partial charge in [-0.15, -0.1) is 0 Å². The summed E-state index contributed by atoms with van der Waals surface area (Å²) in [7, 11) is -3.93. The number of nitrogens with zero attached hydrogens (tertiary/aromatic N) is 1. The SMILES string of the molecule is CCC1CCC(NS(=O)(=O)C(C)C#N)(C(=O)O)CC1. The summed E-state index contributed by atoms with van der Waals surface area (Å²) < 4.78 is 26.0. The first-order chi connectivity index (χ1) is 8.77. The van der Waals surface area contributed by atoms with Gasteiger partial charge in [-0.1, -0.05) is 13.3 Å². The largest absolute Gasteiger partial charge is 0.480 e. The lowest BCUT2D eigenvalue weighted by atomic mass is 9.76. The lowest BCUT2D eigenvalue weighted by molar-refractivity contribution is -0.145. The van der Waals surface area contributed by atoms with Crippen LogP contribution in [0.25, 0.3) is 0 Å². The number of sulfonamides is 1. The quantitative estimate of drug-likeness (QED) is 0.791. The maximum atomic E-state index is 11.9. The van der Waals surface area contributed by atoms with E-state index in [1.165, 1.54) is 6.92 Å². The Morgan fingerprint density at radius 2 is 2.05 bits per heavy atom. The van der Waals surface area contributed by atoms with Crippen molar-refractivity contribution in [2.45, 2.75) is 56.7 Å². The summed E-state index contributed by atoms with van der Waals surface area (Å²) in [6, 6.07) is 1.63. The fourth-order valence-electron chi connectivity index (χ4n) is 2.37. The highest BCUT2D eigenvalue weighted by Gasteiger charge is 2.45. The average Bonchev–Trinajstić information content (AvgIpc) is 2.37. The van der Waals surface area contributed by atoms with Gasteiger partial charge in [0, 0.05) is 0 Å². The van der Waals surface area contributed by atoms with Crippen LogP contribution in [0, 0.1) is 17.2 Å². The summed E-state index contributed by atoms with van der Waals surface area (Å²) in [5.74, 6) is -0.707. The van der Waals surface area contributed by atoms with E-state index in [-0.39, 0.29) is 12.8 Å². The maximum Gasteiger partial charge on any atom is 0.324 e. The number of carboxylic acids is 1. The van der Waals surface area contributed by atoms with Gasteiger partial charge in [-0.05, 0) is 38.5 Å². The van der Waals surface area contributed by atoms with Crippen LogP contribution in [0.3, 0.4) is 0 Å². The van der Waals surface area contributed by atoms with Gasteiger partial charge in [0.1, 0.15) is 5.54 Å². The number of nitrogens with one attached hydrogen (secondary N) is 1. The number of aliphatic carboxylic acids is 1. The average molecular weight is 288 g/mol. The van der Waals surface area contributed by atoms with E-state index in [2.05, 4.69) is 4.72 Å². The van der Waals surface area contributed by atoms with Gasteiger partial charge in [-0.3, -0.25) is 4.79 Å². The van der Waals surface area contributed by atoms with Crippen LogP contribution in [0.15, 0.2) is 0 Å². The molecule has 19 heavy (non-hydrogen) atoms. The van der Waals surface area contributed by atoms with Crippen molar-refractivity contribution in [3.8, 4) is 6.07 Å². The van der Waals surface area contributed by atoms with Crippen LogP contribution in [0.4, 0.5) is 0 Å². The Kier molecular flexibility index (Phi) is 4.93. The molecule has 0 bridgehead atoms. The predicted octanol–water partition coefficient (Wildman–Crippen LogP) is 1.24. The van der Waals surface area contributed by atoms with Crippen molar-refractivity contribution < 1.29 is 18.3 Å². The second-order valence-corrected chi connectivity index (χ2v) is 7.16. The number of nitriles is 1. The predicted molar refractivity (Wildman–Crippen MR) is 69.7 cm³/mol. The minimum absolute atomic E-state index is 0.276. The van der Waals surface area contributed by atoms with Crippen molar-refractivity contribution in [2.24, 2.45) is 5.92 Å². The fourth-order valence-corrected chi connectivity index (χ4v) is 3.52. The Morgan fingerprint density at radius 3 is 2.42 bits per heavy atom. The van der Waals surface area contributed by atoms with Gasteiger partial charge in [-0.25, -0.2) is 8.42 Å². The van der Waals surface area contributed by atoms with Crippen LogP contribution in [-0.4, -0.2) is 30.3 Å². The standard InChI is InChI=1S/C12H20N2O4S/c1-3-10-4-6-12(7-5-10,11(15)16)14-19(17,18)9(2)8-13/h9-10,14H,3-7H2,1-2H3,(H,15,16). The number of hydrogen-bond acceptors (Lipinski definition) is 4. The zero-order valence-electron chi connectivity index (χ0n) is 11.2. The third-order valence-electron chi connectivity index (χ3n) is 3.93. The van der Waals surface area contributed by atoms with E-state index in [1.807, 2.05) is 6.92 Å². The fraction of sp³-hybridized carbons (Fsp3) is 0.833. The van der Waals surface area contributed by atoms with Crippen LogP contribution >= 0.6 is 0 Å². The first-order valence-corrected chi connectivity index (χ1v) is 7.98. The monoisotopic (exact) mass is 288 g/mol. The Labute approximate surface area is 113 Å². The molecule has 2 N–H and O–H groups in total. The minimum atomic E-state index is -3.93. The summed E-state index contributed by atoms with van der Waals surface area (Å²) in [5, 5.41) is 16.8. The van der Waals surface area contributed by atoms with Crippen LogP contribution in [0.1, 0.15) is 46.0 Å². The van der Waals surface area contributed by atoms with E-state index in [4.69, 9.17) is 5.26 Å². The first kappa shape index (κ1) is 15.9. The molecule has 0 aromatic rings. The lowest BCUT2D eigenvalue weighted by Gasteiger charge is -2.37. The van der Waals surface area contributed by atoms with Crippen LogP contribution in [0.5, 0.6) is 0 Å². The van der Waals surface area contributed by atoms with Crippen molar-refractivity contribution in [1.29, 1.82) is 5.26 Å². The molecule has 1 rings (SSSR count). The zero-order valence-corrected chi connectivity index (χ0v) is 12.0. The molecule has 0 saturated heterocycles. The second-order valence-electron chi connectivity index (χ2n) is 5.16. The molecular formula is C12H20N2O4S. The van der Waals surface area contributed by atoms with E-state index in [0.717, 1.165) is 6.42 Å². The van der Waals surface area contributed by atoms with Crippen molar-refractivity contribution in [3.05, 3.63) is 0 Å². The third-order valence-corrected chi connectivity index (χ3v) is 5.64. The lowest BCUT2D eigenvalue weighted by Crippen LogP contribution is -2.57.